The van der Waals surface area contributed by atoms with Crippen LogP contribution in [0.15, 0.2) is 30.5 Å². The van der Waals surface area contributed by atoms with Crippen molar-refractivity contribution in [2.24, 2.45) is 17.8 Å². The molecule has 3 fully saturated rings. The number of benzene rings is 1. The number of carbonyl (C=O) groups excluding carboxylic acids is 3. The minimum absolute atomic E-state index is 0.108. The summed E-state index contributed by atoms with van der Waals surface area (Å²) in [7, 11) is 2.03. The van der Waals surface area contributed by atoms with Crippen LogP contribution in [0.25, 0.3) is 16.5 Å². The SMILES string of the molecule is CC(C)C[C@H]1C(=O)N2CCC[C@H]2C2(O)O[C@](NC(=O)[C@H]3C=C4c5cccc6[nH]cc(c56)C[C@H]4N(C)C3)(C(C)C)C(=O)N12. The Morgan fingerprint density at radius 1 is 1.24 bits per heavy atom. The lowest BCUT2D eigenvalue weighted by Crippen LogP contribution is -2.71. The molecule has 1 aromatic heterocycles. The molecule has 0 saturated carbocycles. The molecular weight excluding hydrogens is 534 g/mol. The number of amides is 3. The lowest BCUT2D eigenvalue weighted by atomic mass is 9.79. The monoisotopic (exact) mass is 575 g/mol. The Kier molecular flexibility index (Phi) is 6.18. The van der Waals surface area contributed by atoms with Crippen molar-refractivity contribution in [3.8, 4) is 0 Å². The lowest BCUT2D eigenvalue weighted by Gasteiger charge is -2.49. The minimum Gasteiger partial charge on any atom is -0.361 e. The van der Waals surface area contributed by atoms with Crippen molar-refractivity contribution in [2.75, 3.05) is 20.1 Å². The number of H-pyrrole nitrogens is 1. The van der Waals surface area contributed by atoms with Crippen molar-refractivity contribution in [1.82, 2.24) is 25.0 Å². The van der Waals surface area contributed by atoms with Gasteiger partial charge in [0.15, 0.2) is 0 Å². The highest BCUT2D eigenvalue weighted by atomic mass is 16.7. The quantitative estimate of drug-likeness (QED) is 0.504. The van der Waals surface area contributed by atoms with Gasteiger partial charge in [0.25, 0.3) is 11.8 Å². The van der Waals surface area contributed by atoms with Crippen LogP contribution in [-0.4, -0.2) is 92.4 Å². The molecule has 6 atom stereocenters. The van der Waals surface area contributed by atoms with Gasteiger partial charge in [0, 0.05) is 42.1 Å². The van der Waals surface area contributed by atoms with Crippen molar-refractivity contribution < 1.29 is 24.2 Å². The highest BCUT2D eigenvalue weighted by molar-refractivity contribution is 6.01. The number of likely N-dealkylation sites (N-methyl/N-ethyl adjacent to an activating group) is 1. The normalized spacial score (nSPS) is 34.2. The second-order valence-electron chi connectivity index (χ2n) is 13.6. The van der Waals surface area contributed by atoms with E-state index in [1.165, 1.54) is 15.8 Å². The van der Waals surface area contributed by atoms with Crippen LogP contribution in [-0.2, 0) is 25.5 Å². The van der Waals surface area contributed by atoms with E-state index in [4.69, 9.17) is 4.74 Å². The molecule has 0 spiro atoms. The van der Waals surface area contributed by atoms with Gasteiger partial charge in [-0.2, -0.15) is 0 Å². The third-order valence-corrected chi connectivity index (χ3v) is 10.2. The molecule has 10 nitrogen and oxygen atoms in total. The third-order valence-electron chi connectivity index (χ3n) is 10.2. The van der Waals surface area contributed by atoms with Crippen molar-refractivity contribution in [3.05, 3.63) is 41.6 Å². The Balaban J connectivity index is 1.24. The summed E-state index contributed by atoms with van der Waals surface area (Å²) in [5.74, 6) is -3.97. The Morgan fingerprint density at radius 3 is 2.76 bits per heavy atom. The van der Waals surface area contributed by atoms with Crippen LogP contribution in [0.1, 0.15) is 58.1 Å². The minimum atomic E-state index is -2.00. The average Bonchev–Trinajstić information content (AvgIpc) is 3.65. The summed E-state index contributed by atoms with van der Waals surface area (Å²) in [6, 6.07) is 4.84. The predicted octanol–water partition coefficient (Wildman–Crippen LogP) is 2.43. The van der Waals surface area contributed by atoms with Crippen LogP contribution in [0.5, 0.6) is 0 Å². The standard InChI is InChI=1S/C32H41N5O5/c1-17(2)12-25-29(39)36-11-7-10-26(36)32(41)37(25)30(40)31(42-32,18(3)4)34-28(38)20-13-22-21-8-6-9-23-27(21)19(15-33-23)14-24(22)35(5)16-20/h6,8-9,13,15,17-18,20,24-26,33,41H,7,10-12,14,16H2,1-5H3,(H,34,38)/t20-,24+,25-,26-,31+,32?/m0/s1. The highest BCUT2D eigenvalue weighted by Gasteiger charge is 2.72. The zero-order chi connectivity index (χ0) is 29.7. The number of piperazine rings is 1. The number of nitrogens with one attached hydrogen (secondary N) is 2. The van der Waals surface area contributed by atoms with Gasteiger partial charge in [-0.15, -0.1) is 0 Å². The second-order valence-corrected chi connectivity index (χ2v) is 13.6. The fourth-order valence-electron chi connectivity index (χ4n) is 8.10. The Hall–Kier alpha value is -3.21. The van der Waals surface area contributed by atoms with E-state index < -0.39 is 41.5 Å². The molecule has 2 aromatic rings. The van der Waals surface area contributed by atoms with Gasteiger partial charge in [-0.1, -0.05) is 45.9 Å². The van der Waals surface area contributed by atoms with Crippen LogP contribution in [0.4, 0.5) is 0 Å². The maximum atomic E-state index is 14.4. The molecule has 1 aromatic carbocycles. The van der Waals surface area contributed by atoms with Crippen LogP contribution >= 0.6 is 0 Å². The smallest absolute Gasteiger partial charge is 0.281 e. The van der Waals surface area contributed by atoms with Gasteiger partial charge in [0.1, 0.15) is 12.1 Å². The van der Waals surface area contributed by atoms with E-state index in [1.54, 1.807) is 4.90 Å². The van der Waals surface area contributed by atoms with E-state index in [0.717, 1.165) is 29.5 Å². The van der Waals surface area contributed by atoms with Gasteiger partial charge in [0.05, 0.1) is 5.92 Å². The summed E-state index contributed by atoms with van der Waals surface area (Å²) in [6.07, 6.45) is 6.62. The maximum Gasteiger partial charge on any atom is 0.281 e. The van der Waals surface area contributed by atoms with Gasteiger partial charge in [-0.05, 0) is 61.4 Å². The summed E-state index contributed by atoms with van der Waals surface area (Å²) >= 11 is 0. The average molecular weight is 576 g/mol. The Labute approximate surface area is 246 Å². The van der Waals surface area contributed by atoms with E-state index >= 15 is 0 Å². The number of rotatable bonds is 5. The zero-order valence-electron chi connectivity index (χ0n) is 25.0. The first-order valence-electron chi connectivity index (χ1n) is 15.4. The summed E-state index contributed by atoms with van der Waals surface area (Å²) in [4.78, 5) is 50.7. The topological polar surface area (TPSA) is 118 Å². The van der Waals surface area contributed by atoms with Gasteiger partial charge >= 0.3 is 0 Å². The van der Waals surface area contributed by atoms with E-state index in [2.05, 4.69) is 33.5 Å². The molecule has 1 aliphatic carbocycles. The number of carbonyl (C=O) groups is 3. The number of nitrogens with zero attached hydrogens (tertiary/aromatic N) is 3. The van der Waals surface area contributed by atoms with E-state index in [9.17, 15) is 19.5 Å². The van der Waals surface area contributed by atoms with Crippen molar-refractivity contribution in [2.45, 2.75) is 83.1 Å². The molecule has 0 radical (unpaired) electrons. The predicted molar refractivity (Wildman–Crippen MR) is 156 cm³/mol. The molecule has 224 valence electrons. The molecule has 10 heteroatoms. The number of aliphatic hydroxyl groups is 1. The summed E-state index contributed by atoms with van der Waals surface area (Å²) in [5.41, 5.74) is 2.79. The van der Waals surface area contributed by atoms with Crippen LogP contribution < -0.4 is 5.32 Å². The number of aromatic amines is 1. The molecule has 3 N–H and O–H groups in total. The summed E-state index contributed by atoms with van der Waals surface area (Å²) < 4.78 is 6.43. The van der Waals surface area contributed by atoms with Crippen LogP contribution in [0.2, 0.25) is 0 Å². The van der Waals surface area contributed by atoms with Crippen LogP contribution in [0.3, 0.4) is 0 Å². The van der Waals surface area contributed by atoms with Crippen molar-refractivity contribution in [1.29, 1.82) is 0 Å². The number of aromatic nitrogens is 1. The fourth-order valence-corrected chi connectivity index (χ4v) is 8.10. The molecule has 3 saturated heterocycles. The van der Waals surface area contributed by atoms with E-state index in [1.807, 2.05) is 46.9 Å². The zero-order valence-corrected chi connectivity index (χ0v) is 25.0. The first kappa shape index (κ1) is 27.6. The molecule has 5 aliphatic rings. The molecule has 1 unspecified atom stereocenters. The van der Waals surface area contributed by atoms with Crippen LogP contribution in [0, 0.1) is 17.8 Å². The largest absolute Gasteiger partial charge is 0.361 e. The van der Waals surface area contributed by atoms with E-state index in [-0.39, 0.29) is 23.8 Å². The number of fused-ring (bicyclic) bond motifs is 5. The first-order chi connectivity index (χ1) is 20.0. The molecule has 3 amide bonds. The van der Waals surface area contributed by atoms with Crippen molar-refractivity contribution in [3.63, 3.8) is 0 Å². The maximum absolute atomic E-state index is 14.4. The van der Waals surface area contributed by atoms with Gasteiger partial charge < -0.3 is 20.3 Å². The Bertz CT molecular complexity index is 1510. The van der Waals surface area contributed by atoms with Gasteiger partial charge in [0.2, 0.25) is 17.5 Å². The highest BCUT2D eigenvalue weighted by Crippen LogP contribution is 2.48. The number of hydrogen-bond acceptors (Lipinski definition) is 6. The first-order valence-corrected chi connectivity index (χ1v) is 15.4. The molecule has 7 rings (SSSR count). The molecular formula is C32H41N5O5. The number of hydrogen-bond donors (Lipinski definition) is 3. The lowest BCUT2D eigenvalue weighted by molar-refractivity contribution is -0.322. The van der Waals surface area contributed by atoms with Crippen molar-refractivity contribution >= 4 is 34.2 Å². The van der Waals surface area contributed by atoms with E-state index in [0.29, 0.717) is 25.9 Å². The molecule has 0 bridgehead atoms. The second kappa shape index (κ2) is 9.39. The summed E-state index contributed by atoms with van der Waals surface area (Å²) in [5, 5.41) is 16.3. The molecule has 4 aliphatic heterocycles. The fraction of sp³-hybridized carbons (Fsp3) is 0.594. The Morgan fingerprint density at radius 2 is 2.02 bits per heavy atom. The molecule has 5 heterocycles. The summed E-state index contributed by atoms with van der Waals surface area (Å²) in [6.45, 7) is 8.60. The van der Waals surface area contributed by atoms with Gasteiger partial charge in [-0.25, -0.2) is 0 Å². The van der Waals surface area contributed by atoms with Gasteiger partial charge in [-0.3, -0.25) is 28.9 Å². The number of ether oxygens (including phenoxy) is 1. The molecule has 42 heavy (non-hydrogen) atoms. The third kappa shape index (κ3) is 3.70.